The van der Waals surface area contributed by atoms with Crippen molar-refractivity contribution in [3.63, 3.8) is 0 Å². The summed E-state index contributed by atoms with van der Waals surface area (Å²) in [4.78, 5) is 17.2. The van der Waals surface area contributed by atoms with Crippen molar-refractivity contribution in [2.75, 3.05) is 19.0 Å². The Morgan fingerprint density at radius 3 is 2.55 bits per heavy atom. The van der Waals surface area contributed by atoms with Crippen molar-refractivity contribution >= 4 is 39.1 Å². The van der Waals surface area contributed by atoms with Crippen molar-refractivity contribution in [1.82, 2.24) is 4.98 Å². The highest BCUT2D eigenvalue weighted by molar-refractivity contribution is 9.08. The molecule has 31 heavy (non-hydrogen) atoms. The van der Waals surface area contributed by atoms with Crippen LogP contribution in [0.5, 0.6) is 11.5 Å². The maximum absolute atomic E-state index is 12.8. The number of anilines is 1. The van der Waals surface area contributed by atoms with E-state index in [2.05, 4.69) is 26.2 Å². The number of amides is 1. The molecule has 7 nitrogen and oxygen atoms in total. The minimum Gasteiger partial charge on any atom is -0.493 e. The standard InChI is InChI=1S/C22H22BrClN2O5/c1-22(2,28)12-30-17-9-8-15(10-18(17)29-3)25-20(27)19-16(11-23)26-21(31-19)13-4-6-14(24)7-5-13/h4-10,28H,11-12H2,1-3H3,(H,25,27). The second-order valence-electron chi connectivity index (χ2n) is 7.36. The summed E-state index contributed by atoms with van der Waals surface area (Å²) in [6.45, 7) is 3.38. The molecule has 2 aromatic carbocycles. The molecule has 0 atom stereocenters. The Balaban J connectivity index is 1.80. The Bertz CT molecular complexity index is 1060. The highest BCUT2D eigenvalue weighted by Gasteiger charge is 2.21. The molecular weight excluding hydrogens is 488 g/mol. The van der Waals surface area contributed by atoms with E-state index in [1.807, 2.05) is 0 Å². The van der Waals surface area contributed by atoms with Gasteiger partial charge in [0.1, 0.15) is 12.3 Å². The van der Waals surface area contributed by atoms with E-state index in [0.29, 0.717) is 44.7 Å². The molecule has 3 aromatic rings. The lowest BCUT2D eigenvalue weighted by Crippen LogP contribution is -2.28. The smallest absolute Gasteiger partial charge is 0.293 e. The van der Waals surface area contributed by atoms with E-state index >= 15 is 0 Å². The maximum Gasteiger partial charge on any atom is 0.293 e. The molecule has 0 aliphatic heterocycles. The minimum absolute atomic E-state index is 0.0925. The Morgan fingerprint density at radius 1 is 1.23 bits per heavy atom. The molecule has 9 heteroatoms. The molecule has 1 amide bonds. The minimum atomic E-state index is -0.988. The van der Waals surface area contributed by atoms with Crippen molar-refractivity contribution in [1.29, 1.82) is 0 Å². The fourth-order valence-corrected chi connectivity index (χ4v) is 3.15. The number of hydrogen-bond donors (Lipinski definition) is 2. The second kappa shape index (κ2) is 9.72. The fourth-order valence-electron chi connectivity index (χ4n) is 2.64. The maximum atomic E-state index is 12.8. The van der Waals surface area contributed by atoms with Crippen LogP contribution in [0.2, 0.25) is 5.02 Å². The van der Waals surface area contributed by atoms with Crippen molar-refractivity contribution in [2.24, 2.45) is 0 Å². The number of nitrogens with zero attached hydrogens (tertiary/aromatic N) is 1. The molecule has 0 bridgehead atoms. The first-order valence-corrected chi connectivity index (χ1v) is 10.9. The van der Waals surface area contributed by atoms with Crippen LogP contribution in [0.25, 0.3) is 11.5 Å². The third kappa shape index (κ3) is 6.00. The first-order chi connectivity index (χ1) is 14.7. The lowest BCUT2D eigenvalue weighted by molar-refractivity contribution is 0.0276. The van der Waals surface area contributed by atoms with E-state index in [4.69, 9.17) is 25.5 Å². The van der Waals surface area contributed by atoms with Crippen LogP contribution in [0.1, 0.15) is 30.1 Å². The number of alkyl halides is 1. The van der Waals surface area contributed by atoms with Crippen LogP contribution in [0.15, 0.2) is 46.9 Å². The van der Waals surface area contributed by atoms with Crippen LogP contribution in [0.3, 0.4) is 0 Å². The van der Waals surface area contributed by atoms with Crippen molar-refractivity contribution in [3.05, 3.63) is 58.9 Å². The van der Waals surface area contributed by atoms with E-state index in [-0.39, 0.29) is 12.4 Å². The fraction of sp³-hybridized carbons (Fsp3) is 0.273. The number of oxazole rings is 1. The number of aliphatic hydroxyl groups is 1. The summed E-state index contributed by atoms with van der Waals surface area (Å²) in [5.74, 6) is 0.845. The topological polar surface area (TPSA) is 93.8 Å². The lowest BCUT2D eigenvalue weighted by atomic mass is 10.2. The molecule has 0 saturated carbocycles. The van der Waals surface area contributed by atoms with Gasteiger partial charge >= 0.3 is 0 Å². The van der Waals surface area contributed by atoms with E-state index in [0.717, 1.165) is 0 Å². The molecule has 1 aromatic heterocycles. The number of methoxy groups -OCH3 is 1. The van der Waals surface area contributed by atoms with Crippen LogP contribution >= 0.6 is 27.5 Å². The molecule has 2 N–H and O–H groups in total. The predicted molar refractivity (Wildman–Crippen MR) is 122 cm³/mol. The molecule has 0 unspecified atom stereocenters. The number of ether oxygens (including phenoxy) is 2. The lowest BCUT2D eigenvalue weighted by Gasteiger charge is -2.19. The van der Waals surface area contributed by atoms with Crippen molar-refractivity contribution < 1.29 is 23.8 Å². The molecule has 0 aliphatic carbocycles. The number of halogens is 2. The average Bonchev–Trinajstić information content (AvgIpc) is 3.17. The van der Waals surface area contributed by atoms with E-state index in [1.54, 1.807) is 56.3 Å². The molecule has 0 spiro atoms. The van der Waals surface area contributed by atoms with Gasteiger partial charge in [-0.15, -0.1) is 0 Å². The SMILES string of the molecule is COc1cc(NC(=O)c2oc(-c3ccc(Cl)cc3)nc2CBr)ccc1OCC(C)(C)O. The van der Waals surface area contributed by atoms with Crippen LogP contribution in [0, 0.1) is 0 Å². The summed E-state index contributed by atoms with van der Waals surface area (Å²) >= 11 is 9.27. The first-order valence-electron chi connectivity index (χ1n) is 9.36. The third-order valence-corrected chi connectivity index (χ3v) is 4.91. The first kappa shape index (κ1) is 23.1. The third-order valence-electron chi connectivity index (χ3n) is 4.12. The summed E-state index contributed by atoms with van der Waals surface area (Å²) in [5.41, 5.74) is 0.681. The van der Waals surface area contributed by atoms with Gasteiger partial charge in [-0.05, 0) is 50.2 Å². The average molecular weight is 510 g/mol. The van der Waals surface area contributed by atoms with Gasteiger partial charge in [0.2, 0.25) is 11.7 Å². The van der Waals surface area contributed by atoms with Gasteiger partial charge in [0.15, 0.2) is 11.5 Å². The largest absolute Gasteiger partial charge is 0.493 e. The van der Waals surface area contributed by atoms with Gasteiger partial charge in [-0.2, -0.15) is 0 Å². The van der Waals surface area contributed by atoms with Gasteiger partial charge < -0.3 is 24.3 Å². The Hall–Kier alpha value is -2.55. The Labute approximate surface area is 193 Å². The zero-order valence-electron chi connectivity index (χ0n) is 17.2. The van der Waals surface area contributed by atoms with E-state index in [1.165, 1.54) is 7.11 Å². The van der Waals surface area contributed by atoms with Gasteiger partial charge in [0.05, 0.1) is 12.7 Å². The Kier molecular flexibility index (Phi) is 7.25. The number of carbonyl (C=O) groups is 1. The van der Waals surface area contributed by atoms with Gasteiger partial charge in [-0.3, -0.25) is 4.79 Å². The van der Waals surface area contributed by atoms with Crippen LogP contribution in [0.4, 0.5) is 5.69 Å². The number of rotatable bonds is 8. The summed E-state index contributed by atoms with van der Waals surface area (Å²) in [5, 5.41) is 13.6. The molecule has 1 heterocycles. The number of aromatic nitrogens is 1. The van der Waals surface area contributed by atoms with Gasteiger partial charge in [0, 0.05) is 27.7 Å². The monoisotopic (exact) mass is 508 g/mol. The zero-order chi connectivity index (χ0) is 22.6. The molecule has 3 rings (SSSR count). The van der Waals surface area contributed by atoms with E-state index in [9.17, 15) is 9.90 Å². The normalized spacial score (nSPS) is 11.3. The molecule has 0 aliphatic rings. The molecule has 0 fully saturated rings. The Morgan fingerprint density at radius 2 is 1.94 bits per heavy atom. The molecule has 0 radical (unpaired) electrons. The van der Waals surface area contributed by atoms with Gasteiger partial charge in [-0.25, -0.2) is 4.98 Å². The van der Waals surface area contributed by atoms with Crippen LogP contribution in [-0.2, 0) is 5.33 Å². The summed E-state index contributed by atoms with van der Waals surface area (Å²) < 4.78 is 16.7. The molecule has 164 valence electrons. The van der Waals surface area contributed by atoms with Crippen molar-refractivity contribution in [2.45, 2.75) is 24.8 Å². The number of carbonyl (C=O) groups excluding carboxylic acids is 1. The van der Waals surface area contributed by atoms with Gasteiger partial charge in [0.25, 0.3) is 5.91 Å². The van der Waals surface area contributed by atoms with Crippen LogP contribution in [-0.4, -0.2) is 35.3 Å². The highest BCUT2D eigenvalue weighted by atomic mass is 79.9. The van der Waals surface area contributed by atoms with Gasteiger partial charge in [-0.1, -0.05) is 27.5 Å². The second-order valence-corrected chi connectivity index (χ2v) is 8.35. The summed E-state index contributed by atoms with van der Waals surface area (Å²) in [6.07, 6.45) is 0. The summed E-state index contributed by atoms with van der Waals surface area (Å²) in [7, 11) is 1.50. The number of benzene rings is 2. The van der Waals surface area contributed by atoms with E-state index < -0.39 is 11.5 Å². The van der Waals surface area contributed by atoms with Crippen LogP contribution < -0.4 is 14.8 Å². The van der Waals surface area contributed by atoms with Crippen molar-refractivity contribution in [3.8, 4) is 23.0 Å². The number of nitrogens with one attached hydrogen (secondary N) is 1. The zero-order valence-corrected chi connectivity index (χ0v) is 19.6. The number of hydrogen-bond acceptors (Lipinski definition) is 6. The molecular formula is C22H22BrClN2O5. The summed E-state index contributed by atoms with van der Waals surface area (Å²) in [6, 6.07) is 11.9. The highest BCUT2D eigenvalue weighted by Crippen LogP contribution is 2.32. The quantitative estimate of drug-likeness (QED) is 0.400. The predicted octanol–water partition coefficient (Wildman–Crippen LogP) is 5.30. The molecule has 0 saturated heterocycles.